The van der Waals surface area contributed by atoms with Gasteiger partial charge in [0.05, 0.1) is 5.69 Å². The van der Waals surface area contributed by atoms with Crippen molar-refractivity contribution in [2.45, 2.75) is 51.9 Å². The summed E-state index contributed by atoms with van der Waals surface area (Å²) in [5.74, 6) is 1.83. The lowest BCUT2D eigenvalue weighted by molar-refractivity contribution is 0.0661. The van der Waals surface area contributed by atoms with Gasteiger partial charge >= 0.3 is 0 Å². The van der Waals surface area contributed by atoms with E-state index < -0.39 is 0 Å². The minimum Gasteiger partial charge on any atom is -0.351 e. The molecule has 2 aromatic rings. The molecule has 0 aromatic carbocycles. The minimum atomic E-state index is -0.114. The number of amides is 1. The molecule has 0 saturated carbocycles. The van der Waals surface area contributed by atoms with Gasteiger partial charge in [-0.1, -0.05) is 24.2 Å². The fourth-order valence-electron chi connectivity index (χ4n) is 2.84. The first-order valence-electron chi connectivity index (χ1n) is 8.14. The Hall–Kier alpha value is -2.18. The molecule has 3 rings (SSSR count). The van der Waals surface area contributed by atoms with E-state index in [1.165, 1.54) is 0 Å². The molecule has 124 valence electrons. The molecule has 0 spiro atoms. The van der Waals surface area contributed by atoms with Crippen molar-refractivity contribution in [1.82, 2.24) is 20.2 Å². The molecule has 0 radical (unpaired) electrons. The van der Waals surface area contributed by atoms with Gasteiger partial charge < -0.3 is 13.9 Å². The van der Waals surface area contributed by atoms with E-state index in [0.29, 0.717) is 30.6 Å². The largest absolute Gasteiger partial charge is 0.351 e. The molecule has 2 atom stereocenters. The van der Waals surface area contributed by atoms with Gasteiger partial charge in [0.2, 0.25) is 11.7 Å². The van der Waals surface area contributed by atoms with Crippen molar-refractivity contribution in [1.29, 1.82) is 0 Å². The predicted octanol–water partition coefficient (Wildman–Crippen LogP) is 2.90. The fraction of sp³-hybridized carbons (Fsp3) is 0.625. The van der Waals surface area contributed by atoms with E-state index in [1.54, 1.807) is 17.9 Å². The molecule has 3 heterocycles. The summed E-state index contributed by atoms with van der Waals surface area (Å²) < 4.78 is 10.3. The quantitative estimate of drug-likeness (QED) is 0.861. The molecule has 7 nitrogen and oxygen atoms in total. The smallest absolute Gasteiger partial charge is 0.292 e. The molecule has 1 aliphatic heterocycles. The van der Waals surface area contributed by atoms with Crippen molar-refractivity contribution < 1.29 is 13.8 Å². The number of hydrogen-bond donors (Lipinski definition) is 0. The second-order valence-corrected chi connectivity index (χ2v) is 6.19. The summed E-state index contributed by atoms with van der Waals surface area (Å²) >= 11 is 0. The topological polar surface area (TPSA) is 85.3 Å². The Bertz CT molecular complexity index is 678. The highest BCUT2D eigenvalue weighted by atomic mass is 16.5. The Morgan fingerprint density at radius 3 is 2.96 bits per heavy atom. The Morgan fingerprint density at radius 2 is 2.26 bits per heavy atom. The molecule has 1 saturated heterocycles. The summed E-state index contributed by atoms with van der Waals surface area (Å²) in [6.45, 7) is 7.22. The maximum atomic E-state index is 12.6. The van der Waals surface area contributed by atoms with E-state index in [1.807, 2.05) is 0 Å². The number of nitrogens with zero attached hydrogens (tertiary/aromatic N) is 4. The van der Waals surface area contributed by atoms with Gasteiger partial charge in [0.25, 0.3) is 5.91 Å². The van der Waals surface area contributed by atoms with E-state index in [-0.39, 0.29) is 17.7 Å². The maximum Gasteiger partial charge on any atom is 0.292 e. The maximum absolute atomic E-state index is 12.6. The highest BCUT2D eigenvalue weighted by molar-refractivity contribution is 5.91. The van der Waals surface area contributed by atoms with Gasteiger partial charge in [-0.05, 0) is 19.3 Å². The van der Waals surface area contributed by atoms with E-state index in [0.717, 1.165) is 25.0 Å². The van der Waals surface area contributed by atoms with E-state index in [9.17, 15) is 4.79 Å². The monoisotopic (exact) mass is 318 g/mol. The molecule has 0 aliphatic carbocycles. The Morgan fingerprint density at radius 1 is 1.43 bits per heavy atom. The molecule has 1 fully saturated rings. The second-order valence-electron chi connectivity index (χ2n) is 6.19. The van der Waals surface area contributed by atoms with Gasteiger partial charge in [0, 0.05) is 37.9 Å². The molecule has 23 heavy (non-hydrogen) atoms. The van der Waals surface area contributed by atoms with Crippen LogP contribution in [0.5, 0.6) is 0 Å². The van der Waals surface area contributed by atoms with Crippen LogP contribution in [0.1, 0.15) is 72.9 Å². The predicted molar refractivity (Wildman–Crippen MR) is 82.1 cm³/mol. The lowest BCUT2D eigenvalue weighted by Crippen LogP contribution is -2.39. The minimum absolute atomic E-state index is 0.113. The zero-order valence-corrected chi connectivity index (χ0v) is 13.8. The van der Waals surface area contributed by atoms with Gasteiger partial charge in [0.15, 0.2) is 5.82 Å². The molecule has 0 unspecified atom stereocenters. The van der Waals surface area contributed by atoms with Crippen LogP contribution in [0.3, 0.4) is 0 Å². The summed E-state index contributed by atoms with van der Waals surface area (Å²) in [6, 6.07) is 1.76. The van der Waals surface area contributed by atoms with Crippen LogP contribution in [0, 0.1) is 6.92 Å². The van der Waals surface area contributed by atoms with Gasteiger partial charge in [-0.15, -0.1) is 0 Å². The van der Waals surface area contributed by atoms with Crippen molar-refractivity contribution >= 4 is 5.91 Å². The summed E-state index contributed by atoms with van der Waals surface area (Å²) in [7, 11) is 0. The highest BCUT2D eigenvalue weighted by Crippen LogP contribution is 2.26. The fourth-order valence-corrected chi connectivity index (χ4v) is 2.84. The normalized spacial score (nSPS) is 19.8. The average molecular weight is 318 g/mol. The third-order valence-corrected chi connectivity index (χ3v) is 4.47. The number of likely N-dealkylation sites (tertiary alicyclic amines) is 1. The van der Waals surface area contributed by atoms with Crippen molar-refractivity contribution in [2.75, 3.05) is 13.1 Å². The third-order valence-electron chi connectivity index (χ3n) is 4.47. The molecule has 7 heteroatoms. The summed E-state index contributed by atoms with van der Waals surface area (Å²) in [5.41, 5.74) is 0.832. The number of carbonyl (C=O) groups is 1. The van der Waals surface area contributed by atoms with Gasteiger partial charge in [-0.3, -0.25) is 4.79 Å². The number of rotatable bonds is 4. The Labute approximate surface area is 135 Å². The van der Waals surface area contributed by atoms with Crippen LogP contribution in [0.2, 0.25) is 0 Å². The second kappa shape index (κ2) is 6.52. The van der Waals surface area contributed by atoms with Crippen molar-refractivity contribution in [3.05, 3.63) is 29.2 Å². The Kier molecular flexibility index (Phi) is 4.45. The first kappa shape index (κ1) is 15.7. The number of carbonyl (C=O) groups excluding carboxylic acids is 1. The number of aryl methyl sites for hydroxylation is 1. The molecule has 1 aliphatic rings. The van der Waals surface area contributed by atoms with Crippen LogP contribution in [0.25, 0.3) is 0 Å². The SMILES string of the molecule is CC[C@H](C)c1cc(C(=O)N2CCC[C@H](c3noc(C)n3)C2)on1. The molecule has 2 aromatic heterocycles. The van der Waals surface area contributed by atoms with Crippen molar-refractivity contribution in [3.8, 4) is 0 Å². The number of piperidine rings is 1. The summed E-state index contributed by atoms with van der Waals surface area (Å²) in [5, 5.41) is 8.01. The van der Waals surface area contributed by atoms with Crippen LogP contribution in [-0.2, 0) is 0 Å². The lowest BCUT2D eigenvalue weighted by Gasteiger charge is -2.30. The molecule has 0 bridgehead atoms. The van der Waals surface area contributed by atoms with E-state index in [2.05, 4.69) is 29.1 Å². The van der Waals surface area contributed by atoms with Crippen LogP contribution in [0.4, 0.5) is 0 Å². The lowest BCUT2D eigenvalue weighted by atomic mass is 9.97. The standard InChI is InChI=1S/C16H22N4O3/c1-4-10(2)13-8-14(23-18-13)16(21)20-7-5-6-12(9-20)15-17-11(3)22-19-15/h8,10,12H,4-7,9H2,1-3H3/t10-,12-/m0/s1. The first-order chi connectivity index (χ1) is 11.1. The van der Waals surface area contributed by atoms with Crippen LogP contribution < -0.4 is 0 Å². The Balaban J connectivity index is 1.70. The van der Waals surface area contributed by atoms with E-state index in [4.69, 9.17) is 9.05 Å². The average Bonchev–Trinajstić information content (AvgIpc) is 3.23. The number of aromatic nitrogens is 3. The summed E-state index contributed by atoms with van der Waals surface area (Å²) in [6.07, 6.45) is 2.83. The number of hydrogen-bond acceptors (Lipinski definition) is 6. The van der Waals surface area contributed by atoms with Gasteiger partial charge in [-0.25, -0.2) is 0 Å². The molecular weight excluding hydrogens is 296 g/mol. The highest BCUT2D eigenvalue weighted by Gasteiger charge is 2.30. The first-order valence-corrected chi connectivity index (χ1v) is 8.14. The molecular formula is C16H22N4O3. The van der Waals surface area contributed by atoms with Crippen LogP contribution in [0.15, 0.2) is 15.1 Å². The zero-order valence-electron chi connectivity index (χ0n) is 13.8. The van der Waals surface area contributed by atoms with E-state index >= 15 is 0 Å². The molecule has 0 N–H and O–H groups in total. The van der Waals surface area contributed by atoms with Crippen LogP contribution >= 0.6 is 0 Å². The third kappa shape index (κ3) is 3.28. The van der Waals surface area contributed by atoms with Crippen molar-refractivity contribution in [2.24, 2.45) is 0 Å². The zero-order chi connectivity index (χ0) is 16.4. The molecule has 1 amide bonds. The van der Waals surface area contributed by atoms with Crippen LogP contribution in [-0.4, -0.2) is 39.2 Å². The van der Waals surface area contributed by atoms with Crippen molar-refractivity contribution in [3.63, 3.8) is 0 Å². The van der Waals surface area contributed by atoms with Gasteiger partial charge in [0.1, 0.15) is 0 Å². The van der Waals surface area contributed by atoms with Gasteiger partial charge in [-0.2, -0.15) is 4.98 Å². The summed E-state index contributed by atoms with van der Waals surface area (Å²) in [4.78, 5) is 18.7.